The molecular formula is C17H28O3. The third-order valence-electron chi connectivity index (χ3n) is 4.67. The Hall–Kier alpha value is -0.830. The predicted molar refractivity (Wildman–Crippen MR) is 79.3 cm³/mol. The lowest BCUT2D eigenvalue weighted by Crippen LogP contribution is -2.21. The minimum Gasteiger partial charge on any atom is -0.460 e. The molecule has 0 atom stereocenters. The van der Waals surface area contributed by atoms with Gasteiger partial charge in [0.05, 0.1) is 6.61 Å². The Morgan fingerprint density at radius 3 is 2.20 bits per heavy atom. The number of carbonyl (C=O) groups is 1. The highest BCUT2D eigenvalue weighted by atomic mass is 16.5. The molecule has 0 aromatic heterocycles. The molecule has 2 fully saturated rings. The number of aliphatic hydroxyl groups excluding tert-OH is 1. The predicted octanol–water partition coefficient (Wildman–Crippen LogP) is 3.61. The van der Waals surface area contributed by atoms with E-state index in [9.17, 15) is 4.79 Å². The molecule has 0 aliphatic heterocycles. The zero-order valence-electron chi connectivity index (χ0n) is 12.5. The van der Waals surface area contributed by atoms with Gasteiger partial charge >= 0.3 is 5.97 Å². The first-order valence-electron chi connectivity index (χ1n) is 8.31. The maximum absolute atomic E-state index is 12.3. The Bertz CT molecular complexity index is 323. The van der Waals surface area contributed by atoms with Crippen LogP contribution in [0.1, 0.15) is 64.2 Å². The summed E-state index contributed by atoms with van der Waals surface area (Å²) in [6, 6.07) is 0. The van der Waals surface area contributed by atoms with Crippen LogP contribution in [0.2, 0.25) is 0 Å². The van der Waals surface area contributed by atoms with Crippen LogP contribution < -0.4 is 0 Å². The van der Waals surface area contributed by atoms with Gasteiger partial charge in [0.25, 0.3) is 0 Å². The Morgan fingerprint density at radius 2 is 1.60 bits per heavy atom. The molecule has 2 aliphatic carbocycles. The second-order valence-corrected chi connectivity index (χ2v) is 6.21. The molecule has 114 valence electrons. The Labute approximate surface area is 122 Å². The third-order valence-corrected chi connectivity index (χ3v) is 4.67. The summed E-state index contributed by atoms with van der Waals surface area (Å²) < 4.78 is 5.19. The van der Waals surface area contributed by atoms with Crippen molar-refractivity contribution in [2.45, 2.75) is 64.2 Å². The van der Waals surface area contributed by atoms with Gasteiger partial charge in [0.2, 0.25) is 0 Å². The molecule has 0 heterocycles. The second-order valence-electron chi connectivity index (χ2n) is 6.21. The maximum Gasteiger partial charge on any atom is 0.334 e. The summed E-state index contributed by atoms with van der Waals surface area (Å²) in [6.45, 7) is 0.0284. The third kappa shape index (κ3) is 4.62. The molecule has 0 spiro atoms. The fourth-order valence-electron chi connectivity index (χ4n) is 3.56. The Morgan fingerprint density at radius 1 is 1.00 bits per heavy atom. The highest BCUT2D eigenvalue weighted by molar-refractivity contribution is 5.89. The molecule has 1 N–H and O–H groups in total. The summed E-state index contributed by atoms with van der Waals surface area (Å²) in [6.07, 6.45) is 14.5. The molecule has 0 aromatic rings. The molecular weight excluding hydrogens is 252 g/mol. The summed E-state index contributed by atoms with van der Waals surface area (Å²) >= 11 is 0. The summed E-state index contributed by atoms with van der Waals surface area (Å²) in [5.74, 6) is 0.760. The van der Waals surface area contributed by atoms with Gasteiger partial charge in [-0.2, -0.15) is 0 Å². The molecule has 2 saturated carbocycles. The van der Waals surface area contributed by atoms with Crippen LogP contribution in [0, 0.1) is 11.8 Å². The number of aliphatic hydroxyl groups is 1. The summed E-state index contributed by atoms with van der Waals surface area (Å²) in [7, 11) is 0. The number of hydrogen-bond donors (Lipinski definition) is 1. The fraction of sp³-hybridized carbons (Fsp3) is 0.824. The van der Waals surface area contributed by atoms with Gasteiger partial charge in [-0.1, -0.05) is 44.6 Å². The van der Waals surface area contributed by atoms with E-state index < -0.39 is 0 Å². The van der Waals surface area contributed by atoms with Crippen LogP contribution in [-0.4, -0.2) is 24.3 Å². The molecule has 0 unspecified atom stereocenters. The average Bonchev–Trinajstić information content (AvgIpc) is 2.52. The first-order valence-corrected chi connectivity index (χ1v) is 8.31. The van der Waals surface area contributed by atoms with Gasteiger partial charge < -0.3 is 9.84 Å². The molecule has 0 amide bonds. The molecule has 2 aliphatic rings. The van der Waals surface area contributed by atoms with E-state index in [2.05, 4.69) is 6.08 Å². The van der Waals surface area contributed by atoms with Crippen molar-refractivity contribution in [3.63, 3.8) is 0 Å². The number of rotatable bonds is 5. The molecule has 3 heteroatoms. The highest BCUT2D eigenvalue weighted by Gasteiger charge is 2.25. The molecule has 0 bridgehead atoms. The van der Waals surface area contributed by atoms with Crippen LogP contribution in [0.3, 0.4) is 0 Å². The first kappa shape index (κ1) is 15.6. The van der Waals surface area contributed by atoms with E-state index in [1.165, 1.54) is 51.4 Å². The molecule has 0 saturated heterocycles. The van der Waals surface area contributed by atoms with Crippen molar-refractivity contribution in [2.24, 2.45) is 11.8 Å². The molecule has 3 nitrogen and oxygen atoms in total. The zero-order valence-corrected chi connectivity index (χ0v) is 12.5. The van der Waals surface area contributed by atoms with Crippen LogP contribution in [0.4, 0.5) is 0 Å². The lowest BCUT2D eigenvalue weighted by atomic mass is 9.80. The van der Waals surface area contributed by atoms with Crippen molar-refractivity contribution in [1.29, 1.82) is 0 Å². The van der Waals surface area contributed by atoms with Crippen LogP contribution in [0.5, 0.6) is 0 Å². The van der Waals surface area contributed by atoms with Crippen molar-refractivity contribution < 1.29 is 14.6 Å². The van der Waals surface area contributed by atoms with E-state index in [1.54, 1.807) is 0 Å². The van der Waals surface area contributed by atoms with Crippen molar-refractivity contribution in [3.05, 3.63) is 11.6 Å². The minimum atomic E-state index is -0.184. The number of hydrogen-bond acceptors (Lipinski definition) is 3. The van der Waals surface area contributed by atoms with Crippen LogP contribution in [0.15, 0.2) is 11.6 Å². The minimum absolute atomic E-state index is 0.0902. The normalized spacial score (nSPS) is 22.8. The SMILES string of the molecule is O=C(OCCO)C(=CC1CCCCC1)C1CCCCC1. The van der Waals surface area contributed by atoms with Crippen molar-refractivity contribution in [1.82, 2.24) is 0 Å². The van der Waals surface area contributed by atoms with Crippen molar-refractivity contribution >= 4 is 5.97 Å². The van der Waals surface area contributed by atoms with Gasteiger partial charge in [-0.25, -0.2) is 4.79 Å². The number of carbonyl (C=O) groups excluding carboxylic acids is 1. The van der Waals surface area contributed by atoms with E-state index in [0.29, 0.717) is 11.8 Å². The number of ether oxygens (including phenoxy) is 1. The maximum atomic E-state index is 12.3. The van der Waals surface area contributed by atoms with Crippen LogP contribution in [0.25, 0.3) is 0 Å². The fourth-order valence-corrected chi connectivity index (χ4v) is 3.56. The molecule has 2 rings (SSSR count). The van der Waals surface area contributed by atoms with E-state index in [0.717, 1.165) is 18.4 Å². The van der Waals surface area contributed by atoms with Gasteiger partial charge in [0.15, 0.2) is 0 Å². The second kappa shape index (κ2) is 8.46. The lowest BCUT2D eigenvalue weighted by Gasteiger charge is -2.26. The van der Waals surface area contributed by atoms with Gasteiger partial charge in [-0.3, -0.25) is 0 Å². The zero-order chi connectivity index (χ0) is 14.2. The molecule has 20 heavy (non-hydrogen) atoms. The first-order chi connectivity index (χ1) is 9.81. The van der Waals surface area contributed by atoms with Crippen molar-refractivity contribution in [2.75, 3.05) is 13.2 Å². The van der Waals surface area contributed by atoms with Gasteiger partial charge in [0.1, 0.15) is 6.61 Å². The Kier molecular flexibility index (Phi) is 6.58. The number of esters is 1. The van der Waals surface area contributed by atoms with E-state index in [-0.39, 0.29) is 19.2 Å². The molecule has 0 radical (unpaired) electrons. The summed E-state index contributed by atoms with van der Waals surface area (Å²) in [5.41, 5.74) is 0.907. The smallest absolute Gasteiger partial charge is 0.334 e. The average molecular weight is 280 g/mol. The number of allylic oxidation sites excluding steroid dienone is 1. The lowest BCUT2D eigenvalue weighted by molar-refractivity contribution is -0.140. The largest absolute Gasteiger partial charge is 0.460 e. The van der Waals surface area contributed by atoms with Crippen LogP contribution in [-0.2, 0) is 9.53 Å². The van der Waals surface area contributed by atoms with Gasteiger partial charge in [-0.15, -0.1) is 0 Å². The summed E-state index contributed by atoms with van der Waals surface area (Å²) in [5, 5.41) is 8.83. The quantitative estimate of drug-likeness (QED) is 0.618. The monoisotopic (exact) mass is 280 g/mol. The standard InChI is InChI=1S/C17H28O3/c18-11-12-20-17(19)16(15-9-5-2-6-10-15)13-14-7-3-1-4-8-14/h13-15,18H,1-12H2. The summed E-state index contributed by atoms with van der Waals surface area (Å²) in [4.78, 5) is 12.3. The Balaban J connectivity index is 2.04. The molecule has 0 aromatic carbocycles. The topological polar surface area (TPSA) is 46.5 Å². The van der Waals surface area contributed by atoms with Crippen molar-refractivity contribution in [3.8, 4) is 0 Å². The highest BCUT2D eigenvalue weighted by Crippen LogP contribution is 2.33. The van der Waals surface area contributed by atoms with E-state index in [4.69, 9.17) is 9.84 Å². The van der Waals surface area contributed by atoms with Gasteiger partial charge in [-0.05, 0) is 37.5 Å². The van der Waals surface area contributed by atoms with E-state index >= 15 is 0 Å². The van der Waals surface area contributed by atoms with E-state index in [1.807, 2.05) is 0 Å². The van der Waals surface area contributed by atoms with Gasteiger partial charge in [0, 0.05) is 5.57 Å². The van der Waals surface area contributed by atoms with Crippen LogP contribution >= 0.6 is 0 Å².